The van der Waals surface area contributed by atoms with Gasteiger partial charge in [0.05, 0.1) is 3.79 Å². The number of rotatable bonds is 4. The molecular formula is C18H21BrN2O3S2. The van der Waals surface area contributed by atoms with Gasteiger partial charge in [0, 0.05) is 24.7 Å². The number of carbonyl (C=O) groups is 1. The molecule has 1 aromatic heterocycles. The number of hydrogen-bond acceptors (Lipinski definition) is 4. The maximum absolute atomic E-state index is 12.7. The molecule has 140 valence electrons. The number of carbonyl (C=O) groups excluding carboxylic acids is 1. The van der Waals surface area contributed by atoms with Crippen LogP contribution in [0.1, 0.15) is 24.0 Å². The molecule has 1 aromatic carbocycles. The zero-order valence-corrected chi connectivity index (χ0v) is 17.9. The summed E-state index contributed by atoms with van der Waals surface area (Å²) in [6.45, 7) is 4.77. The molecule has 3 rings (SSSR count). The first-order chi connectivity index (χ1) is 12.3. The maximum Gasteiger partial charge on any atom is 0.252 e. The average molecular weight is 457 g/mol. The third-order valence-electron chi connectivity index (χ3n) is 4.74. The van der Waals surface area contributed by atoms with E-state index in [1.54, 1.807) is 12.1 Å². The van der Waals surface area contributed by atoms with Crippen LogP contribution in [0.2, 0.25) is 0 Å². The Morgan fingerprint density at radius 1 is 1.15 bits per heavy atom. The number of aryl methyl sites for hydroxylation is 2. The predicted molar refractivity (Wildman–Crippen MR) is 108 cm³/mol. The van der Waals surface area contributed by atoms with Gasteiger partial charge in [-0.3, -0.25) is 4.79 Å². The van der Waals surface area contributed by atoms with Crippen molar-refractivity contribution in [1.29, 1.82) is 0 Å². The van der Waals surface area contributed by atoms with E-state index in [0.29, 0.717) is 30.1 Å². The molecule has 8 heteroatoms. The second-order valence-electron chi connectivity index (χ2n) is 6.53. The largest absolute Gasteiger partial charge is 0.326 e. The Hall–Kier alpha value is -1.22. The van der Waals surface area contributed by atoms with Gasteiger partial charge < -0.3 is 5.32 Å². The van der Waals surface area contributed by atoms with Crippen molar-refractivity contribution in [3.8, 4) is 0 Å². The summed E-state index contributed by atoms with van der Waals surface area (Å²) in [4.78, 5) is 12.5. The fraction of sp³-hybridized carbons (Fsp3) is 0.389. The first kappa shape index (κ1) is 19.5. The van der Waals surface area contributed by atoms with Gasteiger partial charge in [-0.05, 0) is 78.0 Å². The SMILES string of the molecule is Cc1ccc(NC(=O)C2CCN(S(=O)(=O)c3ccc(Br)s3)CC2)cc1C. The normalized spacial score (nSPS) is 16.6. The molecule has 0 atom stereocenters. The Bertz CT molecular complexity index is 916. The second-order valence-corrected chi connectivity index (χ2v) is 11.2. The van der Waals surface area contributed by atoms with Crippen LogP contribution in [-0.4, -0.2) is 31.7 Å². The first-order valence-corrected chi connectivity index (χ1v) is 11.5. The van der Waals surface area contributed by atoms with Gasteiger partial charge in [0.1, 0.15) is 4.21 Å². The summed E-state index contributed by atoms with van der Waals surface area (Å²) in [7, 11) is -3.47. The molecule has 0 unspecified atom stereocenters. The molecule has 1 fully saturated rings. The van der Waals surface area contributed by atoms with E-state index >= 15 is 0 Å². The lowest BCUT2D eigenvalue weighted by atomic mass is 9.97. The minimum Gasteiger partial charge on any atom is -0.326 e. The van der Waals surface area contributed by atoms with Gasteiger partial charge in [0.2, 0.25) is 5.91 Å². The van der Waals surface area contributed by atoms with Crippen molar-refractivity contribution < 1.29 is 13.2 Å². The number of benzene rings is 1. The molecule has 0 spiro atoms. The van der Waals surface area contributed by atoms with Crippen LogP contribution in [0, 0.1) is 19.8 Å². The Morgan fingerprint density at radius 2 is 1.85 bits per heavy atom. The highest BCUT2D eigenvalue weighted by Gasteiger charge is 2.32. The molecule has 2 heterocycles. The smallest absolute Gasteiger partial charge is 0.252 e. The summed E-state index contributed by atoms with van der Waals surface area (Å²) in [6.07, 6.45) is 1.06. The lowest BCUT2D eigenvalue weighted by Crippen LogP contribution is -2.41. The predicted octanol–water partition coefficient (Wildman–Crippen LogP) is 4.17. The number of halogens is 1. The van der Waals surface area contributed by atoms with E-state index in [1.807, 2.05) is 32.0 Å². The van der Waals surface area contributed by atoms with E-state index in [1.165, 1.54) is 21.2 Å². The Kier molecular flexibility index (Phi) is 5.86. The van der Waals surface area contributed by atoms with E-state index in [0.717, 1.165) is 15.0 Å². The van der Waals surface area contributed by atoms with Crippen molar-refractivity contribution in [1.82, 2.24) is 4.31 Å². The summed E-state index contributed by atoms with van der Waals surface area (Å²) in [6, 6.07) is 9.19. The monoisotopic (exact) mass is 456 g/mol. The summed E-state index contributed by atoms with van der Waals surface area (Å²) in [5, 5.41) is 2.96. The van der Waals surface area contributed by atoms with Crippen LogP contribution < -0.4 is 5.32 Å². The molecule has 1 aliphatic rings. The minimum atomic E-state index is -3.47. The molecule has 5 nitrogen and oxygen atoms in total. The molecule has 1 aliphatic heterocycles. The molecule has 0 saturated carbocycles. The Labute approximate surface area is 166 Å². The van der Waals surface area contributed by atoms with Crippen molar-refractivity contribution in [2.75, 3.05) is 18.4 Å². The summed E-state index contributed by atoms with van der Waals surface area (Å²) in [5.74, 6) is -0.206. The van der Waals surface area contributed by atoms with Gasteiger partial charge >= 0.3 is 0 Å². The summed E-state index contributed by atoms with van der Waals surface area (Å²) >= 11 is 4.51. The van der Waals surface area contributed by atoms with Crippen LogP contribution in [0.3, 0.4) is 0 Å². The molecule has 0 bridgehead atoms. The average Bonchev–Trinajstić information content (AvgIpc) is 3.05. The summed E-state index contributed by atoms with van der Waals surface area (Å²) in [5.41, 5.74) is 3.10. The highest BCUT2D eigenvalue weighted by atomic mass is 79.9. The summed E-state index contributed by atoms with van der Waals surface area (Å²) < 4.78 is 27.9. The lowest BCUT2D eigenvalue weighted by Gasteiger charge is -2.30. The van der Waals surface area contributed by atoms with Crippen LogP contribution in [0.4, 0.5) is 5.69 Å². The van der Waals surface area contributed by atoms with Crippen molar-refractivity contribution in [3.63, 3.8) is 0 Å². The fourth-order valence-corrected chi connectivity index (χ4v) is 6.62. The number of piperidine rings is 1. The van der Waals surface area contributed by atoms with Gasteiger partial charge in [-0.15, -0.1) is 11.3 Å². The first-order valence-electron chi connectivity index (χ1n) is 8.41. The van der Waals surface area contributed by atoms with E-state index in [9.17, 15) is 13.2 Å². The number of hydrogen-bond donors (Lipinski definition) is 1. The third kappa shape index (κ3) is 4.19. The van der Waals surface area contributed by atoms with E-state index in [4.69, 9.17) is 0 Å². The number of nitrogens with zero attached hydrogens (tertiary/aromatic N) is 1. The molecule has 1 amide bonds. The molecule has 1 N–H and O–H groups in total. The van der Waals surface area contributed by atoms with Crippen LogP contribution in [0.25, 0.3) is 0 Å². The lowest BCUT2D eigenvalue weighted by molar-refractivity contribution is -0.120. The van der Waals surface area contributed by atoms with Crippen molar-refractivity contribution in [2.45, 2.75) is 30.9 Å². The van der Waals surface area contributed by atoms with Crippen molar-refractivity contribution in [3.05, 3.63) is 45.2 Å². The van der Waals surface area contributed by atoms with Crippen LogP contribution in [-0.2, 0) is 14.8 Å². The highest BCUT2D eigenvalue weighted by molar-refractivity contribution is 9.11. The van der Waals surface area contributed by atoms with Gasteiger partial charge in [0.15, 0.2) is 0 Å². The fourth-order valence-electron chi connectivity index (χ4n) is 2.99. The zero-order chi connectivity index (χ0) is 18.9. The van der Waals surface area contributed by atoms with Crippen LogP contribution in [0.15, 0.2) is 38.3 Å². The molecule has 26 heavy (non-hydrogen) atoms. The van der Waals surface area contributed by atoms with E-state index in [2.05, 4.69) is 21.2 Å². The minimum absolute atomic E-state index is 0.0378. The number of nitrogens with one attached hydrogen (secondary N) is 1. The number of thiophene rings is 1. The number of amides is 1. The van der Waals surface area contributed by atoms with Crippen molar-refractivity contribution >= 4 is 48.9 Å². The van der Waals surface area contributed by atoms with Crippen molar-refractivity contribution in [2.24, 2.45) is 5.92 Å². The van der Waals surface area contributed by atoms with Gasteiger partial charge in [-0.25, -0.2) is 8.42 Å². The Morgan fingerprint density at radius 3 is 2.42 bits per heavy atom. The third-order valence-corrected chi connectivity index (χ3v) is 8.73. The molecular weight excluding hydrogens is 436 g/mol. The highest BCUT2D eigenvalue weighted by Crippen LogP contribution is 2.31. The molecule has 2 aromatic rings. The number of sulfonamides is 1. The van der Waals surface area contributed by atoms with Gasteiger partial charge in [-0.2, -0.15) is 4.31 Å². The van der Waals surface area contributed by atoms with Crippen LogP contribution >= 0.6 is 27.3 Å². The topological polar surface area (TPSA) is 66.5 Å². The Balaban J connectivity index is 1.61. The van der Waals surface area contributed by atoms with Gasteiger partial charge in [0.25, 0.3) is 10.0 Å². The quantitative estimate of drug-likeness (QED) is 0.750. The molecule has 0 radical (unpaired) electrons. The second kappa shape index (κ2) is 7.80. The molecule has 1 saturated heterocycles. The zero-order valence-electron chi connectivity index (χ0n) is 14.7. The standard InChI is InChI=1S/C18H21BrN2O3S2/c1-12-3-4-15(11-13(12)2)20-18(22)14-7-9-21(10-8-14)26(23,24)17-6-5-16(19)25-17/h3-6,11,14H,7-10H2,1-2H3,(H,20,22). The van der Waals surface area contributed by atoms with Gasteiger partial charge in [-0.1, -0.05) is 6.07 Å². The van der Waals surface area contributed by atoms with Crippen LogP contribution in [0.5, 0.6) is 0 Å². The molecule has 0 aliphatic carbocycles. The number of anilines is 1. The van der Waals surface area contributed by atoms with E-state index < -0.39 is 10.0 Å². The van der Waals surface area contributed by atoms with E-state index in [-0.39, 0.29) is 11.8 Å². The maximum atomic E-state index is 12.7.